The molecule has 0 bridgehead atoms. The van der Waals surface area contributed by atoms with Crippen molar-refractivity contribution in [3.63, 3.8) is 0 Å². The van der Waals surface area contributed by atoms with E-state index >= 15 is 0 Å². The molecule has 182 valence electrons. The van der Waals surface area contributed by atoms with Gasteiger partial charge in [0.25, 0.3) is 5.91 Å². The molecule has 0 aliphatic carbocycles. The summed E-state index contributed by atoms with van der Waals surface area (Å²) in [7, 11) is -3.63. The van der Waals surface area contributed by atoms with Gasteiger partial charge in [-0.2, -0.15) is 4.31 Å². The third kappa shape index (κ3) is 5.51. The molecule has 1 N–H and O–H groups in total. The van der Waals surface area contributed by atoms with Gasteiger partial charge in [-0.15, -0.1) is 0 Å². The largest absolute Gasteiger partial charge is 0.454 e. The molecule has 0 unspecified atom stereocenters. The summed E-state index contributed by atoms with van der Waals surface area (Å²) in [5, 5.41) is 2.67. The maximum Gasteiger partial charge on any atom is 0.338 e. The number of ether oxygens (including phenoxy) is 3. The first-order chi connectivity index (χ1) is 16.2. The molecule has 2 aromatic carbocycles. The van der Waals surface area contributed by atoms with Crippen LogP contribution in [0.15, 0.2) is 47.4 Å². The molecule has 34 heavy (non-hydrogen) atoms. The Kier molecular flexibility index (Phi) is 7.08. The second-order valence-corrected chi connectivity index (χ2v) is 10.8. The minimum absolute atomic E-state index is 0.131. The number of esters is 1. The van der Waals surface area contributed by atoms with E-state index in [2.05, 4.69) is 5.32 Å². The molecule has 1 fully saturated rings. The fourth-order valence-corrected chi connectivity index (χ4v) is 5.91. The summed E-state index contributed by atoms with van der Waals surface area (Å²) in [5.41, 5.74) is 0.987. The summed E-state index contributed by atoms with van der Waals surface area (Å²) >= 11 is 0. The lowest BCUT2D eigenvalue weighted by Crippen LogP contribution is -2.42. The van der Waals surface area contributed by atoms with Crippen molar-refractivity contribution in [2.24, 2.45) is 11.8 Å². The van der Waals surface area contributed by atoms with Crippen LogP contribution in [0.25, 0.3) is 0 Å². The van der Waals surface area contributed by atoms with E-state index in [0.29, 0.717) is 36.4 Å². The molecular formula is C24H28N2O7S. The maximum atomic E-state index is 13.0. The van der Waals surface area contributed by atoms with Gasteiger partial charge in [-0.05, 0) is 60.2 Å². The van der Waals surface area contributed by atoms with Crippen LogP contribution in [0.3, 0.4) is 0 Å². The highest BCUT2D eigenvalue weighted by Gasteiger charge is 2.31. The highest BCUT2D eigenvalue weighted by molar-refractivity contribution is 7.89. The molecule has 10 heteroatoms. The number of nitrogens with one attached hydrogen (secondary N) is 1. The molecule has 9 nitrogen and oxygen atoms in total. The van der Waals surface area contributed by atoms with E-state index in [-0.39, 0.29) is 23.8 Å². The van der Waals surface area contributed by atoms with Gasteiger partial charge in [0.1, 0.15) is 0 Å². The molecule has 1 amide bonds. The van der Waals surface area contributed by atoms with Gasteiger partial charge in [-0.25, -0.2) is 13.2 Å². The lowest BCUT2D eigenvalue weighted by Gasteiger charge is -2.34. The summed E-state index contributed by atoms with van der Waals surface area (Å²) in [6, 6.07) is 10.9. The van der Waals surface area contributed by atoms with E-state index in [1.165, 1.54) is 28.6 Å². The van der Waals surface area contributed by atoms with E-state index in [0.717, 1.165) is 12.0 Å². The van der Waals surface area contributed by atoms with Crippen LogP contribution in [0.1, 0.15) is 36.2 Å². The highest BCUT2D eigenvalue weighted by Crippen LogP contribution is 2.32. The zero-order chi connectivity index (χ0) is 24.3. The van der Waals surface area contributed by atoms with Crippen LogP contribution in [0, 0.1) is 11.8 Å². The summed E-state index contributed by atoms with van der Waals surface area (Å²) < 4.78 is 43.1. The van der Waals surface area contributed by atoms with Crippen molar-refractivity contribution < 1.29 is 32.2 Å². The molecular weight excluding hydrogens is 460 g/mol. The van der Waals surface area contributed by atoms with Crippen molar-refractivity contribution in [1.29, 1.82) is 0 Å². The Balaban J connectivity index is 1.28. The van der Waals surface area contributed by atoms with Crippen LogP contribution in [0.5, 0.6) is 11.5 Å². The molecule has 2 atom stereocenters. The van der Waals surface area contributed by atoms with Gasteiger partial charge in [0.2, 0.25) is 16.8 Å². The first-order valence-corrected chi connectivity index (χ1v) is 12.6. The molecule has 4 rings (SSSR count). The first-order valence-electron chi connectivity index (χ1n) is 11.1. The minimum Gasteiger partial charge on any atom is -0.454 e. The molecule has 2 aliphatic heterocycles. The van der Waals surface area contributed by atoms with E-state index in [9.17, 15) is 18.0 Å². The van der Waals surface area contributed by atoms with Gasteiger partial charge in [-0.3, -0.25) is 4.79 Å². The van der Waals surface area contributed by atoms with Crippen LogP contribution in [0.4, 0.5) is 0 Å². The van der Waals surface area contributed by atoms with Crippen LogP contribution in [-0.4, -0.2) is 51.1 Å². The molecule has 1 saturated heterocycles. The van der Waals surface area contributed by atoms with E-state index < -0.39 is 28.5 Å². The number of nitrogens with zero attached hydrogens (tertiary/aromatic N) is 1. The number of carbonyl (C=O) groups excluding carboxylic acids is 2. The van der Waals surface area contributed by atoms with Crippen molar-refractivity contribution in [2.75, 3.05) is 26.5 Å². The Morgan fingerprint density at radius 2 is 1.71 bits per heavy atom. The first kappa shape index (κ1) is 24.0. The number of sulfonamides is 1. The van der Waals surface area contributed by atoms with Crippen LogP contribution in [-0.2, 0) is 26.1 Å². The number of hydrogen-bond donors (Lipinski definition) is 1. The van der Waals surface area contributed by atoms with Crippen LogP contribution >= 0.6 is 0 Å². The van der Waals surface area contributed by atoms with Crippen molar-refractivity contribution in [1.82, 2.24) is 9.62 Å². The standard InChI is InChI=1S/C24H28N2O7S/c1-16-9-17(2)13-26(12-16)34(29,30)20-6-4-19(5-7-20)24(28)31-14-23(27)25-11-18-3-8-21-22(10-18)33-15-32-21/h3-8,10,16-17H,9,11-15H2,1-2H3,(H,25,27)/t16-,17+. The quantitative estimate of drug-likeness (QED) is 0.596. The molecule has 0 radical (unpaired) electrons. The third-order valence-corrected chi connectivity index (χ3v) is 7.67. The summed E-state index contributed by atoms with van der Waals surface area (Å²) in [5.74, 6) is 0.699. The van der Waals surface area contributed by atoms with Crippen LogP contribution < -0.4 is 14.8 Å². The third-order valence-electron chi connectivity index (χ3n) is 5.82. The lowest BCUT2D eigenvalue weighted by atomic mass is 9.94. The monoisotopic (exact) mass is 488 g/mol. The minimum atomic E-state index is -3.63. The fourth-order valence-electron chi connectivity index (χ4n) is 4.23. The highest BCUT2D eigenvalue weighted by atomic mass is 32.2. The summed E-state index contributed by atoms with van der Waals surface area (Å²) in [4.78, 5) is 24.5. The molecule has 0 saturated carbocycles. The van der Waals surface area contributed by atoms with Crippen molar-refractivity contribution >= 4 is 21.9 Å². The predicted molar refractivity (Wildman–Crippen MR) is 123 cm³/mol. The number of rotatable bonds is 7. The summed E-state index contributed by atoms with van der Waals surface area (Å²) in [6.07, 6.45) is 1.00. The van der Waals surface area contributed by atoms with Gasteiger partial charge in [0.05, 0.1) is 10.5 Å². The Morgan fingerprint density at radius 1 is 1.03 bits per heavy atom. The molecule has 0 spiro atoms. The van der Waals surface area contributed by atoms with Gasteiger partial charge in [-0.1, -0.05) is 19.9 Å². The van der Waals surface area contributed by atoms with E-state index in [4.69, 9.17) is 14.2 Å². The van der Waals surface area contributed by atoms with E-state index in [1.54, 1.807) is 18.2 Å². The molecule has 2 aromatic rings. The van der Waals surface area contributed by atoms with Crippen molar-refractivity contribution in [3.05, 3.63) is 53.6 Å². The lowest BCUT2D eigenvalue weighted by molar-refractivity contribution is -0.124. The number of hydrogen-bond acceptors (Lipinski definition) is 7. The Morgan fingerprint density at radius 3 is 2.41 bits per heavy atom. The molecule has 0 aromatic heterocycles. The second-order valence-electron chi connectivity index (χ2n) is 8.83. The fraction of sp³-hybridized carbons (Fsp3) is 0.417. The van der Waals surface area contributed by atoms with Gasteiger partial charge >= 0.3 is 5.97 Å². The number of carbonyl (C=O) groups is 2. The van der Waals surface area contributed by atoms with Gasteiger partial charge in [0, 0.05) is 19.6 Å². The maximum absolute atomic E-state index is 13.0. The van der Waals surface area contributed by atoms with Gasteiger partial charge < -0.3 is 19.5 Å². The Labute approximate surface area is 199 Å². The smallest absolute Gasteiger partial charge is 0.338 e. The zero-order valence-electron chi connectivity index (χ0n) is 19.2. The predicted octanol–water partition coefficient (Wildman–Crippen LogP) is 2.56. The topological polar surface area (TPSA) is 111 Å². The number of benzene rings is 2. The number of fused-ring (bicyclic) bond motifs is 1. The SMILES string of the molecule is C[C@@H]1C[C@H](C)CN(S(=O)(=O)c2ccc(C(=O)OCC(=O)NCc3ccc4c(c3)OCO4)cc2)C1. The number of piperidine rings is 1. The molecule has 2 aliphatic rings. The normalized spacial score (nSPS) is 20.1. The van der Waals surface area contributed by atoms with Crippen molar-refractivity contribution in [2.45, 2.75) is 31.7 Å². The van der Waals surface area contributed by atoms with Crippen LogP contribution in [0.2, 0.25) is 0 Å². The summed E-state index contributed by atoms with van der Waals surface area (Å²) in [6.45, 7) is 5.02. The Hall–Kier alpha value is -3.11. The molecule has 2 heterocycles. The number of amides is 1. The average molecular weight is 489 g/mol. The van der Waals surface area contributed by atoms with E-state index in [1.807, 2.05) is 13.8 Å². The van der Waals surface area contributed by atoms with Gasteiger partial charge in [0.15, 0.2) is 18.1 Å². The van der Waals surface area contributed by atoms with Crippen molar-refractivity contribution in [3.8, 4) is 11.5 Å². The second kappa shape index (κ2) is 10.0. The average Bonchev–Trinajstić information content (AvgIpc) is 3.28. The zero-order valence-corrected chi connectivity index (χ0v) is 20.0. The Bertz CT molecular complexity index is 1150.